The third kappa shape index (κ3) is 4.84. The zero-order valence-corrected chi connectivity index (χ0v) is 15.6. The minimum absolute atomic E-state index is 0.0176. The third-order valence-corrected chi connectivity index (χ3v) is 5.42. The van der Waals surface area contributed by atoms with Crippen molar-refractivity contribution in [3.8, 4) is 0 Å². The molecule has 0 atom stereocenters. The Morgan fingerprint density at radius 3 is 2.59 bits per heavy atom. The highest BCUT2D eigenvalue weighted by Crippen LogP contribution is 2.16. The molecule has 0 bridgehead atoms. The molecule has 0 aliphatic heterocycles. The average Bonchev–Trinajstić information content (AvgIpc) is 3.20. The predicted molar refractivity (Wildman–Crippen MR) is 103 cm³/mol. The Labute approximate surface area is 158 Å². The maximum absolute atomic E-state index is 12.5. The van der Waals surface area contributed by atoms with Gasteiger partial charge in [-0.05, 0) is 54.4 Å². The number of hydrogen-bond acceptors (Lipinski definition) is 4. The molecule has 2 aromatic carbocycles. The Hall–Kier alpha value is -2.90. The van der Waals surface area contributed by atoms with Crippen molar-refractivity contribution in [1.29, 1.82) is 0 Å². The number of furan rings is 1. The molecule has 0 saturated heterocycles. The molecule has 0 fully saturated rings. The summed E-state index contributed by atoms with van der Waals surface area (Å²) in [7, 11) is -3.77. The highest BCUT2D eigenvalue weighted by Gasteiger charge is 2.17. The van der Waals surface area contributed by atoms with Gasteiger partial charge < -0.3 is 9.73 Å². The smallest absolute Gasteiger partial charge is 0.255 e. The zero-order chi connectivity index (χ0) is 19.3. The van der Waals surface area contributed by atoms with Crippen molar-refractivity contribution < 1.29 is 17.6 Å². The van der Waals surface area contributed by atoms with Gasteiger partial charge >= 0.3 is 0 Å². The van der Waals surface area contributed by atoms with Crippen molar-refractivity contribution in [2.45, 2.75) is 24.8 Å². The maximum Gasteiger partial charge on any atom is 0.255 e. The predicted octanol–water partition coefficient (Wildman–Crippen LogP) is 3.57. The highest BCUT2D eigenvalue weighted by atomic mass is 32.2. The van der Waals surface area contributed by atoms with E-state index in [1.54, 1.807) is 30.3 Å². The summed E-state index contributed by atoms with van der Waals surface area (Å²) < 4.78 is 32.5. The number of carbonyl (C=O) groups excluding carboxylic acids is 1. The zero-order valence-electron chi connectivity index (χ0n) is 14.8. The lowest BCUT2D eigenvalue weighted by Gasteiger charge is -2.09. The number of sulfonamides is 1. The summed E-state index contributed by atoms with van der Waals surface area (Å²) in [6.45, 7) is 2.07. The summed E-state index contributed by atoms with van der Waals surface area (Å²) >= 11 is 0. The molecule has 1 aromatic heterocycles. The first-order valence-corrected chi connectivity index (χ1v) is 9.98. The van der Waals surface area contributed by atoms with Crippen LogP contribution < -0.4 is 10.0 Å². The molecule has 1 amide bonds. The topological polar surface area (TPSA) is 88.4 Å². The minimum Gasteiger partial charge on any atom is -0.468 e. The Bertz CT molecular complexity index is 1030. The number of nitrogens with one attached hydrogen (secondary N) is 2. The van der Waals surface area contributed by atoms with Crippen molar-refractivity contribution in [2.75, 3.05) is 5.32 Å². The van der Waals surface area contributed by atoms with Crippen LogP contribution in [-0.2, 0) is 23.0 Å². The second-order valence-corrected chi connectivity index (χ2v) is 7.71. The molecule has 0 aliphatic rings. The Balaban J connectivity index is 1.74. The van der Waals surface area contributed by atoms with Crippen LogP contribution in [0.3, 0.4) is 0 Å². The Morgan fingerprint density at radius 1 is 1.04 bits per heavy atom. The molecule has 0 saturated carbocycles. The number of rotatable bonds is 7. The van der Waals surface area contributed by atoms with Gasteiger partial charge in [-0.15, -0.1) is 0 Å². The summed E-state index contributed by atoms with van der Waals surface area (Å²) in [6, 6.07) is 16.8. The Kier molecular flexibility index (Phi) is 5.73. The van der Waals surface area contributed by atoms with Gasteiger partial charge in [0.25, 0.3) is 5.91 Å². The van der Waals surface area contributed by atoms with Crippen LogP contribution in [0.2, 0.25) is 0 Å². The van der Waals surface area contributed by atoms with Crippen LogP contribution in [0, 0.1) is 0 Å². The molecule has 6 nitrogen and oxygen atoms in total. The van der Waals surface area contributed by atoms with E-state index in [0.29, 0.717) is 11.4 Å². The van der Waals surface area contributed by atoms with Gasteiger partial charge in [-0.2, -0.15) is 0 Å². The number of anilines is 1. The first-order valence-electron chi connectivity index (χ1n) is 8.50. The van der Waals surface area contributed by atoms with Gasteiger partial charge in [-0.3, -0.25) is 4.79 Å². The van der Waals surface area contributed by atoms with E-state index in [2.05, 4.69) is 10.0 Å². The van der Waals surface area contributed by atoms with Gasteiger partial charge in [-0.1, -0.05) is 25.1 Å². The van der Waals surface area contributed by atoms with E-state index in [0.717, 1.165) is 12.0 Å². The highest BCUT2D eigenvalue weighted by molar-refractivity contribution is 7.89. The normalized spacial score (nSPS) is 11.3. The summed E-state index contributed by atoms with van der Waals surface area (Å²) in [6.07, 6.45) is 2.33. The van der Waals surface area contributed by atoms with Crippen LogP contribution in [0.4, 0.5) is 5.69 Å². The monoisotopic (exact) mass is 384 g/mol. The fraction of sp³-hybridized carbons (Fsp3) is 0.150. The second-order valence-electron chi connectivity index (χ2n) is 5.94. The number of benzene rings is 2. The molecule has 3 rings (SSSR count). The first kappa shape index (κ1) is 18.9. The van der Waals surface area contributed by atoms with Crippen molar-refractivity contribution in [3.63, 3.8) is 0 Å². The molecule has 0 radical (unpaired) electrons. The molecule has 7 heteroatoms. The van der Waals surface area contributed by atoms with E-state index in [-0.39, 0.29) is 22.9 Å². The fourth-order valence-electron chi connectivity index (χ4n) is 2.54. The van der Waals surface area contributed by atoms with Crippen LogP contribution in [0.5, 0.6) is 0 Å². The molecule has 1 heterocycles. The third-order valence-electron chi connectivity index (χ3n) is 4.02. The van der Waals surface area contributed by atoms with Gasteiger partial charge in [0.2, 0.25) is 10.0 Å². The van der Waals surface area contributed by atoms with Crippen LogP contribution in [0.25, 0.3) is 0 Å². The van der Waals surface area contributed by atoms with E-state index in [4.69, 9.17) is 4.42 Å². The lowest BCUT2D eigenvalue weighted by atomic mass is 10.1. The molecule has 2 N–H and O–H groups in total. The molecule has 0 spiro atoms. The fourth-order valence-corrected chi connectivity index (χ4v) is 3.58. The van der Waals surface area contributed by atoms with E-state index in [1.807, 2.05) is 25.1 Å². The summed E-state index contributed by atoms with van der Waals surface area (Å²) in [5.74, 6) is 0.134. The Morgan fingerprint density at radius 2 is 1.85 bits per heavy atom. The van der Waals surface area contributed by atoms with Crippen LogP contribution in [-0.4, -0.2) is 14.3 Å². The molecule has 3 aromatic rings. The number of amides is 1. The van der Waals surface area contributed by atoms with Crippen molar-refractivity contribution >= 4 is 21.6 Å². The lowest BCUT2D eigenvalue weighted by molar-refractivity contribution is 0.102. The van der Waals surface area contributed by atoms with Gasteiger partial charge in [0.05, 0.1) is 17.7 Å². The maximum atomic E-state index is 12.5. The standard InChI is InChI=1S/C20H20N2O4S/c1-2-15-6-3-8-17(12-15)22-20(23)16-7-4-10-19(13-16)27(24,25)21-14-18-9-5-11-26-18/h3-13,21H,2,14H2,1H3,(H,22,23). The van der Waals surface area contributed by atoms with Gasteiger partial charge in [0.1, 0.15) is 5.76 Å². The van der Waals surface area contributed by atoms with E-state index < -0.39 is 10.0 Å². The molecule has 140 valence electrons. The lowest BCUT2D eigenvalue weighted by Crippen LogP contribution is -2.23. The SMILES string of the molecule is CCc1cccc(NC(=O)c2cccc(S(=O)(=O)NCc3ccco3)c2)c1. The van der Waals surface area contributed by atoms with Crippen LogP contribution in [0.1, 0.15) is 28.6 Å². The van der Waals surface area contributed by atoms with E-state index in [1.165, 1.54) is 18.4 Å². The van der Waals surface area contributed by atoms with Crippen molar-refractivity contribution in [1.82, 2.24) is 4.72 Å². The van der Waals surface area contributed by atoms with Gasteiger partial charge in [0.15, 0.2) is 0 Å². The number of aryl methyl sites for hydroxylation is 1. The molecular formula is C20H20N2O4S. The van der Waals surface area contributed by atoms with Crippen LogP contribution in [0.15, 0.2) is 76.2 Å². The molecule has 0 aliphatic carbocycles. The average molecular weight is 384 g/mol. The second kappa shape index (κ2) is 8.20. The summed E-state index contributed by atoms with van der Waals surface area (Å²) in [5.41, 5.74) is 2.03. The van der Waals surface area contributed by atoms with Gasteiger partial charge in [0, 0.05) is 11.3 Å². The molecule has 27 heavy (non-hydrogen) atoms. The van der Waals surface area contributed by atoms with Crippen molar-refractivity contribution in [2.24, 2.45) is 0 Å². The first-order chi connectivity index (χ1) is 13.0. The van der Waals surface area contributed by atoms with E-state index in [9.17, 15) is 13.2 Å². The summed E-state index contributed by atoms with van der Waals surface area (Å²) in [5, 5.41) is 2.80. The van der Waals surface area contributed by atoms with Gasteiger partial charge in [-0.25, -0.2) is 13.1 Å². The minimum atomic E-state index is -3.77. The number of carbonyl (C=O) groups is 1. The van der Waals surface area contributed by atoms with Crippen LogP contribution >= 0.6 is 0 Å². The number of hydrogen-bond donors (Lipinski definition) is 2. The largest absolute Gasteiger partial charge is 0.468 e. The molecular weight excluding hydrogens is 364 g/mol. The van der Waals surface area contributed by atoms with Crippen molar-refractivity contribution in [3.05, 3.63) is 83.8 Å². The van der Waals surface area contributed by atoms with E-state index >= 15 is 0 Å². The molecule has 0 unspecified atom stereocenters. The summed E-state index contributed by atoms with van der Waals surface area (Å²) in [4.78, 5) is 12.5. The quantitative estimate of drug-likeness (QED) is 0.652.